The van der Waals surface area contributed by atoms with Crippen LogP contribution in [0.3, 0.4) is 0 Å². The molecule has 0 N–H and O–H groups in total. The Balaban J connectivity index is 1.83. The van der Waals surface area contributed by atoms with Gasteiger partial charge in [-0.1, -0.05) is 27.5 Å². The predicted octanol–water partition coefficient (Wildman–Crippen LogP) is 3.70. The number of carbonyl (C=O) groups excluding carboxylic acids is 1. The van der Waals surface area contributed by atoms with Crippen molar-refractivity contribution in [2.24, 2.45) is 0 Å². The third kappa shape index (κ3) is 4.78. The van der Waals surface area contributed by atoms with E-state index in [4.69, 9.17) is 11.6 Å². The second-order valence-electron chi connectivity index (χ2n) is 5.84. The van der Waals surface area contributed by atoms with E-state index in [0.717, 1.165) is 17.6 Å². The molecule has 1 fully saturated rings. The van der Waals surface area contributed by atoms with E-state index in [9.17, 15) is 4.79 Å². The topological polar surface area (TPSA) is 23.6 Å². The van der Waals surface area contributed by atoms with Crippen molar-refractivity contribution in [1.29, 1.82) is 0 Å². The Morgan fingerprint density at radius 1 is 1.52 bits per heavy atom. The van der Waals surface area contributed by atoms with Crippen LogP contribution in [0.2, 0.25) is 5.02 Å². The number of nitrogens with zero attached hydrogens (tertiary/aromatic N) is 2. The van der Waals surface area contributed by atoms with Gasteiger partial charge in [-0.25, -0.2) is 0 Å². The third-order valence-corrected chi connectivity index (χ3v) is 4.95. The van der Waals surface area contributed by atoms with Gasteiger partial charge in [0, 0.05) is 35.6 Å². The van der Waals surface area contributed by atoms with Crippen molar-refractivity contribution in [2.75, 3.05) is 33.7 Å². The summed E-state index contributed by atoms with van der Waals surface area (Å²) in [5, 5.41) is 0.521. The molecule has 21 heavy (non-hydrogen) atoms. The molecule has 3 nitrogen and oxygen atoms in total. The van der Waals surface area contributed by atoms with Crippen molar-refractivity contribution < 1.29 is 4.79 Å². The molecule has 2 rings (SSSR count). The second kappa shape index (κ2) is 7.73. The minimum absolute atomic E-state index is 0.110. The van der Waals surface area contributed by atoms with Crippen LogP contribution in [0.25, 0.3) is 0 Å². The van der Waals surface area contributed by atoms with Gasteiger partial charge in [0.05, 0.1) is 5.02 Å². The first-order chi connectivity index (χ1) is 9.97. The fourth-order valence-corrected chi connectivity index (χ4v) is 3.58. The standard InChI is InChI=1S/C16H22BrClN2O/c1-19(11-13-4-3-8-20(13)2)9-7-16(21)14-6-5-12(17)10-15(14)18/h5-6,10,13H,3-4,7-9,11H2,1-2H3. The van der Waals surface area contributed by atoms with Gasteiger partial charge in [0.25, 0.3) is 0 Å². The first-order valence-electron chi connectivity index (χ1n) is 7.34. The summed E-state index contributed by atoms with van der Waals surface area (Å²) in [7, 11) is 4.26. The minimum atomic E-state index is 0.110. The number of rotatable bonds is 6. The average Bonchev–Trinajstić information content (AvgIpc) is 2.81. The molecule has 1 saturated heterocycles. The molecule has 0 spiro atoms. The first-order valence-corrected chi connectivity index (χ1v) is 8.51. The number of ketones is 1. The number of hydrogen-bond donors (Lipinski definition) is 0. The molecule has 0 radical (unpaired) electrons. The molecule has 0 amide bonds. The van der Waals surface area contributed by atoms with E-state index in [-0.39, 0.29) is 5.78 Å². The zero-order valence-electron chi connectivity index (χ0n) is 12.6. The van der Waals surface area contributed by atoms with Crippen molar-refractivity contribution in [1.82, 2.24) is 9.80 Å². The zero-order chi connectivity index (χ0) is 15.4. The zero-order valence-corrected chi connectivity index (χ0v) is 15.0. The molecule has 5 heteroatoms. The van der Waals surface area contributed by atoms with Crippen molar-refractivity contribution in [3.05, 3.63) is 33.3 Å². The number of carbonyl (C=O) groups is 1. The van der Waals surface area contributed by atoms with Gasteiger partial charge in [-0.15, -0.1) is 0 Å². The number of benzene rings is 1. The van der Waals surface area contributed by atoms with Gasteiger partial charge in [-0.3, -0.25) is 4.79 Å². The molecule has 116 valence electrons. The molecule has 0 aliphatic carbocycles. The van der Waals surface area contributed by atoms with E-state index in [0.29, 0.717) is 23.0 Å². The Kier molecular flexibility index (Phi) is 6.23. The molecular formula is C16H22BrClN2O. The fourth-order valence-electron chi connectivity index (χ4n) is 2.80. The SMILES string of the molecule is CN(CCC(=O)c1ccc(Br)cc1Cl)CC1CCCN1C. The molecular weight excluding hydrogens is 352 g/mol. The lowest BCUT2D eigenvalue weighted by atomic mass is 10.1. The number of likely N-dealkylation sites (tertiary alicyclic amines) is 1. The molecule has 0 bridgehead atoms. The lowest BCUT2D eigenvalue weighted by Gasteiger charge is -2.25. The van der Waals surface area contributed by atoms with Crippen molar-refractivity contribution in [3.63, 3.8) is 0 Å². The summed E-state index contributed by atoms with van der Waals surface area (Å²) < 4.78 is 0.894. The summed E-state index contributed by atoms with van der Waals surface area (Å²) in [6.45, 7) is 2.99. The van der Waals surface area contributed by atoms with Crippen LogP contribution >= 0.6 is 27.5 Å². The normalized spacial score (nSPS) is 19.4. The van der Waals surface area contributed by atoms with E-state index in [1.807, 2.05) is 6.07 Å². The maximum Gasteiger partial charge on any atom is 0.165 e. The smallest absolute Gasteiger partial charge is 0.165 e. The van der Waals surface area contributed by atoms with E-state index < -0.39 is 0 Å². The summed E-state index contributed by atoms with van der Waals surface area (Å²) in [6.07, 6.45) is 3.05. The van der Waals surface area contributed by atoms with Gasteiger partial charge in [-0.2, -0.15) is 0 Å². The summed E-state index contributed by atoms with van der Waals surface area (Å²) >= 11 is 9.48. The van der Waals surface area contributed by atoms with Crippen LogP contribution < -0.4 is 0 Å². The quantitative estimate of drug-likeness (QED) is 0.710. The summed E-state index contributed by atoms with van der Waals surface area (Å²) in [4.78, 5) is 16.9. The van der Waals surface area contributed by atoms with E-state index in [1.54, 1.807) is 12.1 Å². The molecule has 1 heterocycles. The van der Waals surface area contributed by atoms with Crippen LogP contribution in [0.5, 0.6) is 0 Å². The number of hydrogen-bond acceptors (Lipinski definition) is 3. The van der Waals surface area contributed by atoms with Gasteiger partial charge >= 0.3 is 0 Å². The molecule has 1 aliphatic rings. The average molecular weight is 374 g/mol. The van der Waals surface area contributed by atoms with Crippen molar-refractivity contribution >= 4 is 33.3 Å². The highest BCUT2D eigenvalue weighted by molar-refractivity contribution is 9.10. The Labute approximate surface area is 140 Å². The summed E-state index contributed by atoms with van der Waals surface area (Å²) in [5.41, 5.74) is 0.617. The molecule has 1 unspecified atom stereocenters. The molecule has 0 saturated carbocycles. The largest absolute Gasteiger partial charge is 0.304 e. The van der Waals surface area contributed by atoms with Crippen molar-refractivity contribution in [3.8, 4) is 0 Å². The van der Waals surface area contributed by atoms with Gasteiger partial charge in [-0.05, 0) is 51.7 Å². The number of halogens is 2. The van der Waals surface area contributed by atoms with Gasteiger partial charge in [0.1, 0.15) is 0 Å². The van der Waals surface area contributed by atoms with Crippen LogP contribution in [0.1, 0.15) is 29.6 Å². The number of Topliss-reactive ketones (excluding diaryl/α,β-unsaturated/α-hetero) is 1. The van der Waals surface area contributed by atoms with Crippen molar-refractivity contribution in [2.45, 2.75) is 25.3 Å². The Morgan fingerprint density at radius 2 is 2.29 bits per heavy atom. The number of likely N-dealkylation sites (N-methyl/N-ethyl adjacent to an activating group) is 2. The molecule has 1 atom stereocenters. The van der Waals surface area contributed by atoms with Gasteiger partial charge < -0.3 is 9.80 Å². The van der Waals surface area contributed by atoms with E-state index >= 15 is 0 Å². The molecule has 1 aromatic carbocycles. The monoisotopic (exact) mass is 372 g/mol. The van der Waals surface area contributed by atoms with Gasteiger partial charge in [0.15, 0.2) is 5.78 Å². The highest BCUT2D eigenvalue weighted by atomic mass is 79.9. The highest BCUT2D eigenvalue weighted by Crippen LogP contribution is 2.22. The van der Waals surface area contributed by atoms with Crippen LogP contribution in [-0.2, 0) is 0 Å². The van der Waals surface area contributed by atoms with Crippen LogP contribution in [0.4, 0.5) is 0 Å². The van der Waals surface area contributed by atoms with Crippen LogP contribution in [-0.4, -0.2) is 55.4 Å². The Hall–Kier alpha value is -0.420. The minimum Gasteiger partial charge on any atom is -0.304 e. The maximum atomic E-state index is 12.2. The molecule has 1 aliphatic heterocycles. The van der Waals surface area contributed by atoms with E-state index in [1.165, 1.54) is 19.4 Å². The highest BCUT2D eigenvalue weighted by Gasteiger charge is 2.22. The fraction of sp³-hybridized carbons (Fsp3) is 0.562. The molecule has 1 aromatic rings. The predicted molar refractivity (Wildman–Crippen MR) is 91.2 cm³/mol. The molecule has 0 aromatic heterocycles. The summed E-state index contributed by atoms with van der Waals surface area (Å²) in [5.74, 6) is 0.110. The third-order valence-electron chi connectivity index (χ3n) is 4.15. The second-order valence-corrected chi connectivity index (χ2v) is 7.16. The van der Waals surface area contributed by atoms with Crippen LogP contribution in [0.15, 0.2) is 22.7 Å². The Bertz CT molecular complexity index is 509. The lowest BCUT2D eigenvalue weighted by molar-refractivity contribution is 0.0964. The summed E-state index contributed by atoms with van der Waals surface area (Å²) in [6, 6.07) is 6.04. The lowest BCUT2D eigenvalue weighted by Crippen LogP contribution is -2.37. The van der Waals surface area contributed by atoms with Crippen LogP contribution in [0, 0.1) is 0 Å². The first kappa shape index (κ1) is 16.9. The van der Waals surface area contributed by atoms with Gasteiger partial charge in [0.2, 0.25) is 0 Å². The Morgan fingerprint density at radius 3 is 2.90 bits per heavy atom. The van der Waals surface area contributed by atoms with E-state index in [2.05, 4.69) is 39.8 Å². The maximum absolute atomic E-state index is 12.2.